The molecule has 1 aromatic heterocycles. The van der Waals surface area contributed by atoms with Gasteiger partial charge in [0.25, 0.3) is 5.91 Å². The predicted octanol–water partition coefficient (Wildman–Crippen LogP) is 1.16. The minimum Gasteiger partial charge on any atom is -0.398 e. The van der Waals surface area contributed by atoms with Gasteiger partial charge in [-0.1, -0.05) is 12.1 Å². The van der Waals surface area contributed by atoms with Gasteiger partial charge in [0.05, 0.1) is 12.1 Å². The van der Waals surface area contributed by atoms with E-state index >= 15 is 0 Å². The van der Waals surface area contributed by atoms with Gasteiger partial charge in [-0.3, -0.25) is 4.79 Å². The summed E-state index contributed by atoms with van der Waals surface area (Å²) in [6.07, 6.45) is 3.61. The number of nitrogen functional groups attached to an aromatic ring is 1. The van der Waals surface area contributed by atoms with E-state index in [4.69, 9.17) is 5.73 Å². The van der Waals surface area contributed by atoms with Crippen LogP contribution in [0.5, 0.6) is 0 Å². The number of carbonyl (C=O) groups is 1. The molecule has 0 fully saturated rings. The third kappa shape index (κ3) is 1.55. The normalized spacial score (nSPS) is 14.1. The monoisotopic (exact) mass is 242 g/mol. The molecule has 0 radical (unpaired) electrons. The molecular formula is C13H14N4O. The van der Waals surface area contributed by atoms with Crippen LogP contribution in [0.3, 0.4) is 0 Å². The fraction of sp³-hybridized carbons (Fsp3) is 0.231. The number of rotatable bonds is 2. The fourth-order valence-electron chi connectivity index (χ4n) is 2.30. The lowest BCUT2D eigenvalue weighted by molar-refractivity contribution is 0.0762. The summed E-state index contributed by atoms with van der Waals surface area (Å²) in [5, 5.41) is 0. The number of hydrogen-bond acceptors (Lipinski definition) is 3. The molecule has 0 unspecified atom stereocenters. The van der Waals surface area contributed by atoms with E-state index in [1.807, 2.05) is 29.9 Å². The van der Waals surface area contributed by atoms with Crippen molar-refractivity contribution in [1.82, 2.24) is 14.5 Å². The first kappa shape index (κ1) is 10.8. The van der Waals surface area contributed by atoms with E-state index in [9.17, 15) is 4.79 Å². The van der Waals surface area contributed by atoms with Crippen molar-refractivity contribution in [1.29, 1.82) is 0 Å². The third-order valence-corrected chi connectivity index (χ3v) is 3.30. The van der Waals surface area contributed by atoms with Crippen molar-refractivity contribution in [2.75, 3.05) is 5.73 Å². The highest BCUT2D eigenvalue weighted by Gasteiger charge is 2.29. The highest BCUT2D eigenvalue weighted by Crippen LogP contribution is 2.28. The number of imidazole rings is 1. The minimum absolute atomic E-state index is 0.00824. The Bertz CT molecular complexity index is 617. The number of hydrogen-bond donors (Lipinski definition) is 1. The van der Waals surface area contributed by atoms with Gasteiger partial charge in [0.15, 0.2) is 0 Å². The number of fused-ring (bicyclic) bond motifs is 1. The molecule has 0 aliphatic carbocycles. The number of amides is 1. The van der Waals surface area contributed by atoms with Crippen molar-refractivity contribution in [2.45, 2.75) is 13.1 Å². The number of aromatic nitrogens is 2. The second kappa shape index (κ2) is 3.87. The first-order valence-corrected chi connectivity index (χ1v) is 5.79. The number of benzene rings is 1. The molecule has 3 rings (SSSR count). The van der Waals surface area contributed by atoms with Crippen molar-refractivity contribution >= 4 is 11.6 Å². The zero-order valence-electron chi connectivity index (χ0n) is 10.1. The molecule has 0 bridgehead atoms. The molecule has 1 aliphatic heterocycles. The minimum atomic E-state index is -0.00824. The molecule has 1 aliphatic rings. The third-order valence-electron chi connectivity index (χ3n) is 3.30. The van der Waals surface area contributed by atoms with Gasteiger partial charge in [-0.15, -0.1) is 0 Å². The molecule has 2 aromatic rings. The van der Waals surface area contributed by atoms with Gasteiger partial charge in [-0.25, -0.2) is 4.98 Å². The molecule has 2 N–H and O–H groups in total. The molecule has 5 heteroatoms. The molecule has 2 heterocycles. The lowest BCUT2D eigenvalue weighted by atomic mass is 10.1. The lowest BCUT2D eigenvalue weighted by Gasteiger charge is -2.15. The van der Waals surface area contributed by atoms with Gasteiger partial charge < -0.3 is 15.2 Å². The average Bonchev–Trinajstić information content (AvgIpc) is 2.87. The van der Waals surface area contributed by atoms with E-state index in [0.717, 1.165) is 11.4 Å². The quantitative estimate of drug-likeness (QED) is 0.804. The van der Waals surface area contributed by atoms with E-state index in [-0.39, 0.29) is 5.91 Å². The van der Waals surface area contributed by atoms with E-state index in [2.05, 4.69) is 4.98 Å². The first-order valence-electron chi connectivity index (χ1n) is 5.79. The van der Waals surface area contributed by atoms with Crippen LogP contribution >= 0.6 is 0 Å². The van der Waals surface area contributed by atoms with Gasteiger partial charge in [0.1, 0.15) is 5.82 Å². The SMILES string of the molecule is Cn1ccnc1CN1Cc2cccc(N)c2C1=O. The zero-order valence-corrected chi connectivity index (χ0v) is 10.1. The molecule has 1 amide bonds. The number of carbonyl (C=O) groups excluding carboxylic acids is 1. The number of nitrogens with zero attached hydrogens (tertiary/aromatic N) is 3. The summed E-state index contributed by atoms with van der Waals surface area (Å²) in [6, 6.07) is 5.59. The number of anilines is 1. The van der Waals surface area contributed by atoms with Crippen LogP contribution in [0, 0.1) is 0 Å². The Morgan fingerprint density at radius 2 is 2.28 bits per heavy atom. The Hall–Kier alpha value is -2.30. The molecule has 92 valence electrons. The second-order valence-corrected chi connectivity index (χ2v) is 4.50. The summed E-state index contributed by atoms with van der Waals surface area (Å²) < 4.78 is 1.92. The molecule has 0 atom stereocenters. The van der Waals surface area contributed by atoms with Crippen molar-refractivity contribution in [3.05, 3.63) is 47.5 Å². The van der Waals surface area contributed by atoms with Crippen LogP contribution in [0.4, 0.5) is 5.69 Å². The van der Waals surface area contributed by atoms with Crippen LogP contribution in [-0.4, -0.2) is 20.4 Å². The molecule has 0 saturated carbocycles. The predicted molar refractivity (Wildman–Crippen MR) is 67.6 cm³/mol. The van der Waals surface area contributed by atoms with Crippen LogP contribution in [-0.2, 0) is 20.1 Å². The maximum absolute atomic E-state index is 12.3. The summed E-state index contributed by atoms with van der Waals surface area (Å²) in [4.78, 5) is 18.3. The number of nitrogens with two attached hydrogens (primary N) is 1. The molecular weight excluding hydrogens is 228 g/mol. The standard InChI is InChI=1S/C13H14N4O/c1-16-6-5-15-11(16)8-17-7-9-3-2-4-10(14)12(9)13(17)18/h2-6H,7-8,14H2,1H3. The van der Waals surface area contributed by atoms with Crippen LogP contribution in [0.15, 0.2) is 30.6 Å². The number of aryl methyl sites for hydroxylation is 1. The lowest BCUT2D eigenvalue weighted by Crippen LogP contribution is -2.25. The fourth-order valence-corrected chi connectivity index (χ4v) is 2.30. The second-order valence-electron chi connectivity index (χ2n) is 4.50. The van der Waals surface area contributed by atoms with E-state index in [1.165, 1.54) is 0 Å². The Kier molecular flexibility index (Phi) is 2.33. The smallest absolute Gasteiger partial charge is 0.257 e. The Balaban J connectivity index is 1.89. The van der Waals surface area contributed by atoms with E-state index in [1.54, 1.807) is 17.2 Å². The largest absolute Gasteiger partial charge is 0.398 e. The van der Waals surface area contributed by atoms with Gasteiger partial charge >= 0.3 is 0 Å². The average molecular weight is 242 g/mol. The Labute approximate surface area is 105 Å². The molecule has 0 saturated heterocycles. The first-order chi connectivity index (χ1) is 8.66. The summed E-state index contributed by atoms with van der Waals surface area (Å²) in [5.74, 6) is 0.862. The summed E-state index contributed by atoms with van der Waals surface area (Å²) >= 11 is 0. The Morgan fingerprint density at radius 3 is 2.94 bits per heavy atom. The highest BCUT2D eigenvalue weighted by molar-refractivity contribution is 6.02. The molecule has 0 spiro atoms. The van der Waals surface area contributed by atoms with Crippen LogP contribution < -0.4 is 5.73 Å². The summed E-state index contributed by atoms with van der Waals surface area (Å²) in [7, 11) is 1.92. The van der Waals surface area contributed by atoms with Crippen molar-refractivity contribution in [2.24, 2.45) is 7.05 Å². The maximum Gasteiger partial charge on any atom is 0.257 e. The maximum atomic E-state index is 12.3. The van der Waals surface area contributed by atoms with Crippen molar-refractivity contribution < 1.29 is 4.79 Å². The highest BCUT2D eigenvalue weighted by atomic mass is 16.2. The van der Waals surface area contributed by atoms with Crippen molar-refractivity contribution in [3.63, 3.8) is 0 Å². The van der Waals surface area contributed by atoms with Gasteiger partial charge in [0.2, 0.25) is 0 Å². The Morgan fingerprint density at radius 1 is 1.44 bits per heavy atom. The summed E-state index contributed by atoms with van der Waals surface area (Å²) in [6.45, 7) is 1.11. The van der Waals surface area contributed by atoms with E-state index in [0.29, 0.717) is 24.3 Å². The zero-order chi connectivity index (χ0) is 12.7. The van der Waals surface area contributed by atoms with Crippen LogP contribution in [0.25, 0.3) is 0 Å². The van der Waals surface area contributed by atoms with Crippen LogP contribution in [0.2, 0.25) is 0 Å². The van der Waals surface area contributed by atoms with Crippen LogP contribution in [0.1, 0.15) is 21.7 Å². The van der Waals surface area contributed by atoms with Gasteiger partial charge in [-0.2, -0.15) is 0 Å². The topological polar surface area (TPSA) is 64.2 Å². The molecule has 1 aromatic carbocycles. The summed E-state index contributed by atoms with van der Waals surface area (Å²) in [5.41, 5.74) is 8.05. The van der Waals surface area contributed by atoms with Gasteiger partial charge in [-0.05, 0) is 11.6 Å². The van der Waals surface area contributed by atoms with Crippen molar-refractivity contribution in [3.8, 4) is 0 Å². The molecule has 5 nitrogen and oxygen atoms in total. The van der Waals surface area contributed by atoms with E-state index < -0.39 is 0 Å². The van der Waals surface area contributed by atoms with Gasteiger partial charge in [0, 0.05) is 31.7 Å². The molecule has 18 heavy (non-hydrogen) atoms.